The largest absolute Gasteiger partial charge is 0.340 e. The summed E-state index contributed by atoms with van der Waals surface area (Å²) in [6.45, 7) is 3.94. The summed E-state index contributed by atoms with van der Waals surface area (Å²) >= 11 is 0. The number of aromatic nitrogens is 2. The predicted octanol–water partition coefficient (Wildman–Crippen LogP) is 2.95. The Morgan fingerprint density at radius 2 is 1.77 bits per heavy atom. The van der Waals surface area contributed by atoms with Gasteiger partial charge in [0.1, 0.15) is 12.4 Å². The molecule has 2 amide bonds. The highest BCUT2D eigenvalue weighted by molar-refractivity contribution is 5.99. The van der Waals surface area contributed by atoms with Crippen molar-refractivity contribution in [1.82, 2.24) is 15.0 Å². The van der Waals surface area contributed by atoms with Crippen LogP contribution in [0.3, 0.4) is 0 Å². The van der Waals surface area contributed by atoms with Crippen LogP contribution >= 0.6 is 0 Å². The maximum atomic E-state index is 12.8. The number of nitrogens with one attached hydrogen (secondary N) is 2. The fraction of sp³-hybridized carbons (Fsp3) is 0.250. The van der Waals surface area contributed by atoms with Gasteiger partial charge in [0.05, 0.1) is 11.0 Å². The number of fused-ring (bicyclic) bond motifs is 1. The van der Waals surface area contributed by atoms with E-state index in [0.717, 1.165) is 17.5 Å². The Bertz CT molecular complexity index is 904. The van der Waals surface area contributed by atoms with E-state index in [1.54, 1.807) is 35.3 Å². The number of amides is 2. The lowest BCUT2D eigenvalue weighted by Crippen LogP contribution is -2.49. The molecule has 3 rings (SSSR count). The number of imidazole rings is 1. The van der Waals surface area contributed by atoms with Gasteiger partial charge in [0, 0.05) is 5.56 Å². The Hall–Kier alpha value is -3.15. The van der Waals surface area contributed by atoms with Crippen molar-refractivity contribution in [3.8, 4) is 0 Å². The van der Waals surface area contributed by atoms with Crippen molar-refractivity contribution >= 4 is 22.8 Å². The molecule has 0 fully saturated rings. The van der Waals surface area contributed by atoms with Crippen LogP contribution in [0.2, 0.25) is 0 Å². The number of benzene rings is 2. The number of para-hydroxylation sites is 2. The average Bonchev–Trinajstić information content (AvgIpc) is 3.09. The van der Waals surface area contributed by atoms with E-state index in [0.29, 0.717) is 5.56 Å². The number of carbonyl (C=O) groups excluding carboxylic acids is 2. The van der Waals surface area contributed by atoms with Gasteiger partial charge in [0.15, 0.2) is 0 Å². The summed E-state index contributed by atoms with van der Waals surface area (Å²) in [6, 6.07) is 15.8. The van der Waals surface area contributed by atoms with Gasteiger partial charge in [-0.25, -0.2) is 9.66 Å². The number of nitrogens with zero attached hydrogens (tertiary/aromatic N) is 2. The van der Waals surface area contributed by atoms with Crippen LogP contribution in [-0.2, 0) is 4.79 Å². The first-order valence-corrected chi connectivity index (χ1v) is 8.69. The smallest absolute Gasteiger partial charge is 0.261 e. The van der Waals surface area contributed by atoms with Crippen molar-refractivity contribution in [2.24, 2.45) is 5.92 Å². The van der Waals surface area contributed by atoms with E-state index in [-0.39, 0.29) is 17.7 Å². The molecule has 0 aliphatic carbocycles. The average molecular weight is 350 g/mol. The molecule has 26 heavy (non-hydrogen) atoms. The lowest BCUT2D eigenvalue weighted by molar-refractivity contribution is -0.120. The first-order chi connectivity index (χ1) is 12.6. The highest BCUT2D eigenvalue weighted by Crippen LogP contribution is 2.13. The van der Waals surface area contributed by atoms with Crippen molar-refractivity contribution in [3.05, 3.63) is 66.5 Å². The van der Waals surface area contributed by atoms with Crippen molar-refractivity contribution in [1.29, 1.82) is 0 Å². The first-order valence-electron chi connectivity index (χ1n) is 8.69. The standard InChI is InChI=1S/C20H22N4O2/c1-3-14(2)18(22-19(25)15-9-5-4-6-10-15)20(26)23-24-13-21-16-11-7-8-12-17(16)24/h4-14,18H,3H2,1-2H3,(H,22,25)(H,23,26)/t14-,18-/m0/s1. The van der Waals surface area contributed by atoms with E-state index in [2.05, 4.69) is 15.7 Å². The minimum Gasteiger partial charge on any atom is -0.340 e. The van der Waals surface area contributed by atoms with Crippen LogP contribution in [0.25, 0.3) is 11.0 Å². The third-order valence-corrected chi connectivity index (χ3v) is 4.50. The zero-order chi connectivity index (χ0) is 18.5. The summed E-state index contributed by atoms with van der Waals surface area (Å²) in [5.41, 5.74) is 4.96. The monoisotopic (exact) mass is 350 g/mol. The molecule has 134 valence electrons. The van der Waals surface area contributed by atoms with Gasteiger partial charge in [-0.3, -0.25) is 15.0 Å². The molecule has 0 bridgehead atoms. The molecule has 6 nitrogen and oxygen atoms in total. The zero-order valence-electron chi connectivity index (χ0n) is 14.8. The summed E-state index contributed by atoms with van der Waals surface area (Å²) in [5.74, 6) is -0.550. The van der Waals surface area contributed by atoms with Crippen molar-refractivity contribution in [2.75, 3.05) is 5.43 Å². The lowest BCUT2D eigenvalue weighted by atomic mass is 9.98. The van der Waals surface area contributed by atoms with Crippen molar-refractivity contribution < 1.29 is 9.59 Å². The topological polar surface area (TPSA) is 76.0 Å². The molecule has 6 heteroatoms. The van der Waals surface area contributed by atoms with Gasteiger partial charge < -0.3 is 5.32 Å². The van der Waals surface area contributed by atoms with Crippen LogP contribution in [0.1, 0.15) is 30.6 Å². The molecule has 0 aliphatic heterocycles. The fourth-order valence-electron chi connectivity index (χ4n) is 2.75. The molecule has 0 aliphatic rings. The molecule has 2 aromatic carbocycles. The number of rotatable bonds is 6. The van der Waals surface area contributed by atoms with Crippen LogP contribution in [0.15, 0.2) is 60.9 Å². The van der Waals surface area contributed by atoms with Gasteiger partial charge in [-0.2, -0.15) is 0 Å². The van der Waals surface area contributed by atoms with Gasteiger partial charge in [0.2, 0.25) is 0 Å². The third-order valence-electron chi connectivity index (χ3n) is 4.50. The minimum atomic E-state index is -0.645. The lowest BCUT2D eigenvalue weighted by Gasteiger charge is -2.23. The molecule has 0 saturated heterocycles. The molecule has 0 saturated carbocycles. The maximum Gasteiger partial charge on any atom is 0.261 e. The number of hydrogen-bond donors (Lipinski definition) is 2. The van der Waals surface area contributed by atoms with Gasteiger partial charge >= 0.3 is 0 Å². The van der Waals surface area contributed by atoms with Crippen molar-refractivity contribution in [2.45, 2.75) is 26.3 Å². The molecule has 0 spiro atoms. The van der Waals surface area contributed by atoms with Crippen LogP contribution in [0, 0.1) is 5.92 Å². The summed E-state index contributed by atoms with van der Waals surface area (Å²) in [6.07, 6.45) is 2.33. The fourth-order valence-corrected chi connectivity index (χ4v) is 2.75. The molecule has 0 radical (unpaired) electrons. The van der Waals surface area contributed by atoms with Crippen molar-refractivity contribution in [3.63, 3.8) is 0 Å². The Kier molecular flexibility index (Phi) is 5.31. The molecule has 1 aromatic heterocycles. The number of hydrogen-bond acceptors (Lipinski definition) is 3. The van der Waals surface area contributed by atoms with Gasteiger partial charge in [-0.05, 0) is 30.2 Å². The first kappa shape index (κ1) is 17.7. The molecular weight excluding hydrogens is 328 g/mol. The van der Waals surface area contributed by atoms with E-state index >= 15 is 0 Å². The molecular formula is C20H22N4O2. The van der Waals surface area contributed by atoms with Gasteiger partial charge in [0.25, 0.3) is 11.8 Å². The van der Waals surface area contributed by atoms with Crippen LogP contribution < -0.4 is 10.7 Å². The molecule has 2 N–H and O–H groups in total. The second-order valence-electron chi connectivity index (χ2n) is 6.28. The Labute approximate surface area is 152 Å². The molecule has 1 heterocycles. The SMILES string of the molecule is CC[C@H](C)[C@H](NC(=O)c1ccccc1)C(=O)Nn1cnc2ccccc21. The van der Waals surface area contributed by atoms with Crippen LogP contribution in [0.5, 0.6) is 0 Å². The molecule has 2 atom stereocenters. The summed E-state index contributed by atoms with van der Waals surface area (Å²) in [4.78, 5) is 29.6. The van der Waals surface area contributed by atoms with E-state index < -0.39 is 6.04 Å². The highest BCUT2D eigenvalue weighted by Gasteiger charge is 2.26. The summed E-state index contributed by atoms with van der Waals surface area (Å²) in [7, 11) is 0. The normalized spacial score (nSPS) is 13.2. The van der Waals surface area contributed by atoms with Crippen LogP contribution in [-0.4, -0.2) is 27.5 Å². The second kappa shape index (κ2) is 7.82. The number of carbonyl (C=O) groups is 2. The summed E-state index contributed by atoms with van der Waals surface area (Å²) < 4.78 is 1.59. The third kappa shape index (κ3) is 3.74. The molecule has 0 unspecified atom stereocenters. The maximum absolute atomic E-state index is 12.8. The Morgan fingerprint density at radius 1 is 1.08 bits per heavy atom. The summed E-state index contributed by atoms with van der Waals surface area (Å²) in [5, 5.41) is 2.86. The van der Waals surface area contributed by atoms with E-state index in [1.807, 2.05) is 44.2 Å². The Morgan fingerprint density at radius 3 is 2.50 bits per heavy atom. The quantitative estimate of drug-likeness (QED) is 0.718. The highest BCUT2D eigenvalue weighted by atomic mass is 16.2. The van der Waals surface area contributed by atoms with Gasteiger partial charge in [-0.15, -0.1) is 0 Å². The van der Waals surface area contributed by atoms with Crippen LogP contribution in [0.4, 0.5) is 0 Å². The second-order valence-corrected chi connectivity index (χ2v) is 6.28. The van der Waals surface area contributed by atoms with Gasteiger partial charge in [-0.1, -0.05) is 50.6 Å². The predicted molar refractivity (Wildman–Crippen MR) is 101 cm³/mol. The zero-order valence-corrected chi connectivity index (χ0v) is 14.8. The van der Waals surface area contributed by atoms with E-state index in [1.165, 1.54) is 0 Å². The Balaban J connectivity index is 1.78. The van der Waals surface area contributed by atoms with E-state index in [4.69, 9.17) is 0 Å². The molecule has 3 aromatic rings. The minimum absolute atomic E-state index is 0.0163. The van der Waals surface area contributed by atoms with E-state index in [9.17, 15) is 9.59 Å².